The second-order valence-corrected chi connectivity index (χ2v) is 4.87. The minimum Gasteiger partial charge on any atom is -0.464 e. The predicted octanol–water partition coefficient (Wildman–Crippen LogP) is 3.11. The molecule has 0 saturated heterocycles. The summed E-state index contributed by atoms with van der Waals surface area (Å²) >= 11 is 0. The number of benzene rings is 2. The highest BCUT2D eigenvalue weighted by atomic mass is 16.5. The molecule has 3 heteroatoms. The zero-order valence-corrected chi connectivity index (χ0v) is 11.4. The number of rotatable bonds is 3. The Bertz CT molecular complexity index is 670. The molecule has 1 N–H and O–H groups in total. The molecule has 2 aromatic rings. The van der Waals surface area contributed by atoms with Gasteiger partial charge in [-0.25, -0.2) is 4.79 Å². The predicted molar refractivity (Wildman–Crippen MR) is 80.1 cm³/mol. The summed E-state index contributed by atoms with van der Waals surface area (Å²) in [4.78, 5) is 11.8. The van der Waals surface area contributed by atoms with Crippen LogP contribution < -0.4 is 5.32 Å². The molecular formula is C17H17NO2. The van der Waals surface area contributed by atoms with E-state index in [-0.39, 0.29) is 12.0 Å². The standard InChI is InChI=1S/C17H17NO2/c1-2-20-17(19)16-10-13(11-18-16)15-9-5-7-12-6-3-4-8-14(12)15/h3-9,11,16,18H,2,10H2,1H3. The van der Waals surface area contributed by atoms with Crippen LogP contribution in [0.25, 0.3) is 16.3 Å². The summed E-state index contributed by atoms with van der Waals surface area (Å²) in [5, 5.41) is 5.55. The van der Waals surface area contributed by atoms with Crippen molar-refractivity contribution in [1.29, 1.82) is 0 Å². The van der Waals surface area contributed by atoms with Gasteiger partial charge in [0.25, 0.3) is 0 Å². The first-order valence-electron chi connectivity index (χ1n) is 6.89. The molecule has 0 aliphatic carbocycles. The molecule has 1 aliphatic heterocycles. The van der Waals surface area contributed by atoms with E-state index < -0.39 is 0 Å². The molecule has 20 heavy (non-hydrogen) atoms. The molecule has 1 unspecified atom stereocenters. The van der Waals surface area contributed by atoms with Gasteiger partial charge in [-0.1, -0.05) is 42.5 Å². The Kier molecular flexibility index (Phi) is 3.42. The molecule has 0 aromatic heterocycles. The van der Waals surface area contributed by atoms with Crippen LogP contribution in [0.3, 0.4) is 0 Å². The van der Waals surface area contributed by atoms with Crippen molar-refractivity contribution in [3.63, 3.8) is 0 Å². The SMILES string of the molecule is CCOC(=O)C1CC(c2cccc3ccccc23)=CN1. The zero-order valence-electron chi connectivity index (χ0n) is 11.4. The first kappa shape index (κ1) is 12.7. The van der Waals surface area contributed by atoms with Crippen LogP contribution in [0.4, 0.5) is 0 Å². The number of nitrogens with one attached hydrogen (secondary N) is 1. The molecule has 1 aliphatic rings. The third-order valence-corrected chi connectivity index (χ3v) is 3.59. The summed E-state index contributed by atoms with van der Waals surface area (Å²) in [7, 11) is 0. The quantitative estimate of drug-likeness (QED) is 0.868. The first-order chi connectivity index (χ1) is 9.79. The molecule has 0 fully saturated rings. The Morgan fingerprint density at radius 2 is 2.05 bits per heavy atom. The molecule has 102 valence electrons. The fraction of sp³-hybridized carbons (Fsp3) is 0.235. The van der Waals surface area contributed by atoms with Gasteiger partial charge in [-0.05, 0) is 28.8 Å². The smallest absolute Gasteiger partial charge is 0.328 e. The largest absolute Gasteiger partial charge is 0.464 e. The van der Waals surface area contributed by atoms with E-state index in [9.17, 15) is 4.79 Å². The first-order valence-corrected chi connectivity index (χ1v) is 6.89. The van der Waals surface area contributed by atoms with E-state index >= 15 is 0 Å². The average Bonchev–Trinajstić information content (AvgIpc) is 2.97. The molecule has 0 bridgehead atoms. The summed E-state index contributed by atoms with van der Waals surface area (Å²) in [6.07, 6.45) is 2.61. The summed E-state index contributed by atoms with van der Waals surface area (Å²) < 4.78 is 5.06. The number of hydrogen-bond donors (Lipinski definition) is 1. The Labute approximate surface area is 118 Å². The van der Waals surface area contributed by atoms with Gasteiger partial charge in [0.2, 0.25) is 0 Å². The molecule has 1 atom stereocenters. The number of ether oxygens (including phenoxy) is 1. The van der Waals surface area contributed by atoms with E-state index in [1.54, 1.807) is 0 Å². The highest BCUT2D eigenvalue weighted by Gasteiger charge is 2.25. The number of carbonyl (C=O) groups is 1. The number of fused-ring (bicyclic) bond motifs is 1. The highest BCUT2D eigenvalue weighted by molar-refractivity contribution is 5.95. The van der Waals surface area contributed by atoms with Crippen molar-refractivity contribution >= 4 is 22.3 Å². The Hall–Kier alpha value is -2.29. The van der Waals surface area contributed by atoms with Gasteiger partial charge in [0.1, 0.15) is 6.04 Å². The van der Waals surface area contributed by atoms with Crippen molar-refractivity contribution in [3.8, 4) is 0 Å². The second kappa shape index (κ2) is 5.37. The zero-order chi connectivity index (χ0) is 13.9. The maximum Gasteiger partial charge on any atom is 0.328 e. The number of carbonyl (C=O) groups excluding carboxylic acids is 1. The van der Waals surface area contributed by atoms with Crippen molar-refractivity contribution in [1.82, 2.24) is 5.32 Å². The summed E-state index contributed by atoms with van der Waals surface area (Å²) in [5.74, 6) is -0.181. The average molecular weight is 267 g/mol. The molecule has 3 nitrogen and oxygen atoms in total. The molecule has 2 aromatic carbocycles. The third kappa shape index (κ3) is 2.27. The van der Waals surface area contributed by atoms with Gasteiger partial charge in [-0.2, -0.15) is 0 Å². The Balaban J connectivity index is 1.88. The second-order valence-electron chi connectivity index (χ2n) is 4.87. The van der Waals surface area contributed by atoms with Gasteiger partial charge in [-0.3, -0.25) is 0 Å². The van der Waals surface area contributed by atoms with Crippen LogP contribution in [-0.4, -0.2) is 18.6 Å². The maximum absolute atomic E-state index is 11.8. The van der Waals surface area contributed by atoms with Gasteiger partial charge >= 0.3 is 5.97 Å². The van der Waals surface area contributed by atoms with Crippen LogP contribution in [0.1, 0.15) is 18.9 Å². The van der Waals surface area contributed by atoms with E-state index in [1.807, 2.05) is 25.3 Å². The summed E-state index contributed by atoms with van der Waals surface area (Å²) in [5.41, 5.74) is 2.34. The van der Waals surface area contributed by atoms with E-state index in [4.69, 9.17) is 4.74 Å². The Morgan fingerprint density at radius 3 is 2.90 bits per heavy atom. The maximum atomic E-state index is 11.8. The fourth-order valence-electron chi connectivity index (χ4n) is 2.63. The van der Waals surface area contributed by atoms with Crippen LogP contribution in [0.5, 0.6) is 0 Å². The van der Waals surface area contributed by atoms with Crippen LogP contribution in [0.2, 0.25) is 0 Å². The Morgan fingerprint density at radius 1 is 1.25 bits per heavy atom. The van der Waals surface area contributed by atoms with Gasteiger partial charge in [0.05, 0.1) is 6.61 Å². The van der Waals surface area contributed by atoms with Crippen LogP contribution in [-0.2, 0) is 9.53 Å². The van der Waals surface area contributed by atoms with Gasteiger partial charge in [0.15, 0.2) is 0 Å². The summed E-state index contributed by atoms with van der Waals surface area (Å²) in [6.45, 7) is 2.24. The molecule has 0 spiro atoms. The lowest BCUT2D eigenvalue weighted by molar-refractivity contribution is -0.145. The molecule has 0 saturated carbocycles. The molecule has 0 amide bonds. The monoisotopic (exact) mass is 267 g/mol. The molecule has 0 radical (unpaired) electrons. The highest BCUT2D eigenvalue weighted by Crippen LogP contribution is 2.30. The van der Waals surface area contributed by atoms with Crippen molar-refractivity contribution in [2.24, 2.45) is 0 Å². The molecule has 1 heterocycles. The van der Waals surface area contributed by atoms with Crippen molar-refractivity contribution in [2.45, 2.75) is 19.4 Å². The third-order valence-electron chi connectivity index (χ3n) is 3.59. The van der Waals surface area contributed by atoms with Crippen LogP contribution in [0.15, 0.2) is 48.7 Å². The van der Waals surface area contributed by atoms with Crippen molar-refractivity contribution in [2.75, 3.05) is 6.61 Å². The van der Waals surface area contributed by atoms with E-state index in [0.29, 0.717) is 13.0 Å². The van der Waals surface area contributed by atoms with E-state index in [2.05, 4.69) is 35.6 Å². The minimum atomic E-state index is -0.260. The number of esters is 1. The minimum absolute atomic E-state index is 0.181. The lowest BCUT2D eigenvalue weighted by Crippen LogP contribution is -2.31. The topological polar surface area (TPSA) is 38.3 Å². The van der Waals surface area contributed by atoms with Crippen molar-refractivity contribution in [3.05, 3.63) is 54.2 Å². The number of hydrogen-bond acceptors (Lipinski definition) is 3. The van der Waals surface area contributed by atoms with Crippen LogP contribution >= 0.6 is 0 Å². The lowest BCUT2D eigenvalue weighted by Gasteiger charge is -2.10. The van der Waals surface area contributed by atoms with Gasteiger partial charge in [0, 0.05) is 12.6 Å². The normalized spacial score (nSPS) is 17.6. The molecular weight excluding hydrogens is 250 g/mol. The van der Waals surface area contributed by atoms with Gasteiger partial charge < -0.3 is 10.1 Å². The van der Waals surface area contributed by atoms with E-state index in [1.165, 1.54) is 16.3 Å². The molecule has 3 rings (SSSR count). The van der Waals surface area contributed by atoms with E-state index in [0.717, 1.165) is 5.57 Å². The fourth-order valence-corrected chi connectivity index (χ4v) is 2.63. The lowest BCUT2D eigenvalue weighted by atomic mass is 9.96. The van der Waals surface area contributed by atoms with Gasteiger partial charge in [-0.15, -0.1) is 0 Å². The summed E-state index contributed by atoms with van der Waals surface area (Å²) in [6, 6.07) is 14.3. The van der Waals surface area contributed by atoms with Crippen molar-refractivity contribution < 1.29 is 9.53 Å². The van der Waals surface area contributed by atoms with Crippen LogP contribution in [0, 0.1) is 0 Å².